The first-order valence-corrected chi connectivity index (χ1v) is 6.68. The van der Waals surface area contributed by atoms with E-state index in [0.717, 1.165) is 24.8 Å². The van der Waals surface area contributed by atoms with Gasteiger partial charge in [-0.2, -0.15) is 0 Å². The highest BCUT2D eigenvalue weighted by Gasteiger charge is 2.41. The number of rotatable bonds is 3. The van der Waals surface area contributed by atoms with Gasteiger partial charge in [0.25, 0.3) is 0 Å². The third-order valence-electron chi connectivity index (χ3n) is 4.10. The van der Waals surface area contributed by atoms with Gasteiger partial charge in [-0.25, -0.2) is 4.39 Å². The molecule has 2 rings (SSSR count). The second-order valence-electron chi connectivity index (χ2n) is 5.51. The lowest BCUT2D eigenvalue weighted by Gasteiger charge is -2.34. The van der Waals surface area contributed by atoms with Gasteiger partial charge in [0.1, 0.15) is 5.82 Å². The first-order valence-electron chi connectivity index (χ1n) is 6.68. The van der Waals surface area contributed by atoms with E-state index in [9.17, 15) is 14.3 Å². The van der Waals surface area contributed by atoms with Gasteiger partial charge < -0.3 is 10.0 Å². The Kier molecular flexibility index (Phi) is 3.78. The molecule has 1 N–H and O–H groups in total. The van der Waals surface area contributed by atoms with Crippen molar-refractivity contribution < 1.29 is 14.3 Å². The smallest absolute Gasteiger partial charge is 0.314 e. The molecule has 1 saturated carbocycles. The van der Waals surface area contributed by atoms with Crippen LogP contribution in [0.3, 0.4) is 0 Å². The number of hydrogen-bond donors (Lipinski definition) is 1. The number of benzene rings is 1. The molecule has 3 nitrogen and oxygen atoms in total. The van der Waals surface area contributed by atoms with Gasteiger partial charge in [0.2, 0.25) is 0 Å². The molecule has 0 saturated heterocycles. The Hall–Kier alpha value is -1.58. The lowest BCUT2D eigenvalue weighted by atomic mass is 9.69. The Balaban J connectivity index is 2.48. The van der Waals surface area contributed by atoms with Gasteiger partial charge in [-0.05, 0) is 30.5 Å². The molecular formula is C15H20FNO2. The summed E-state index contributed by atoms with van der Waals surface area (Å²) in [6.07, 6.45) is 4.19. The minimum absolute atomic E-state index is 0.315. The fraction of sp³-hybridized carbons (Fsp3) is 0.533. The summed E-state index contributed by atoms with van der Waals surface area (Å²) >= 11 is 0. The van der Waals surface area contributed by atoms with Gasteiger partial charge in [0, 0.05) is 14.1 Å². The standard InChI is InChI=1S/C15H20FNO2/c1-17(2)13-10-11(6-7-12(13)16)15(14(18)19)8-4-3-5-9-15/h6-7,10H,3-5,8-9H2,1-2H3,(H,18,19). The highest BCUT2D eigenvalue weighted by molar-refractivity contribution is 5.82. The zero-order valence-corrected chi connectivity index (χ0v) is 11.4. The quantitative estimate of drug-likeness (QED) is 0.912. The van der Waals surface area contributed by atoms with E-state index in [1.165, 1.54) is 6.07 Å². The van der Waals surface area contributed by atoms with Gasteiger partial charge in [-0.15, -0.1) is 0 Å². The van der Waals surface area contributed by atoms with E-state index in [0.29, 0.717) is 18.5 Å². The minimum Gasteiger partial charge on any atom is -0.481 e. The average Bonchev–Trinajstić information content (AvgIpc) is 2.39. The van der Waals surface area contributed by atoms with Crippen LogP contribution in [0.2, 0.25) is 0 Å². The molecule has 1 fully saturated rings. The Labute approximate surface area is 113 Å². The van der Waals surface area contributed by atoms with Crippen molar-refractivity contribution in [2.45, 2.75) is 37.5 Å². The van der Waals surface area contributed by atoms with Crippen molar-refractivity contribution in [3.05, 3.63) is 29.6 Å². The van der Waals surface area contributed by atoms with Gasteiger partial charge in [-0.3, -0.25) is 4.79 Å². The number of carbonyl (C=O) groups is 1. The summed E-state index contributed by atoms with van der Waals surface area (Å²) in [6.45, 7) is 0. The fourth-order valence-electron chi connectivity index (χ4n) is 2.93. The van der Waals surface area contributed by atoms with Gasteiger partial charge in [0.05, 0.1) is 11.1 Å². The van der Waals surface area contributed by atoms with Crippen LogP contribution in [0, 0.1) is 5.82 Å². The maximum atomic E-state index is 13.7. The van der Waals surface area contributed by atoms with Crippen molar-refractivity contribution >= 4 is 11.7 Å². The topological polar surface area (TPSA) is 40.5 Å². The molecule has 0 aromatic heterocycles. The summed E-state index contributed by atoms with van der Waals surface area (Å²) in [5.41, 5.74) is 0.338. The highest BCUT2D eigenvalue weighted by Crippen LogP contribution is 2.41. The number of nitrogens with zero attached hydrogens (tertiary/aromatic N) is 1. The van der Waals surface area contributed by atoms with Crippen molar-refractivity contribution in [3.8, 4) is 0 Å². The lowest BCUT2D eigenvalue weighted by molar-refractivity contribution is -0.145. The minimum atomic E-state index is -0.837. The molecule has 4 heteroatoms. The number of carboxylic acid groups (broad SMARTS) is 1. The summed E-state index contributed by atoms with van der Waals surface area (Å²) in [6, 6.07) is 4.69. The van der Waals surface area contributed by atoms with Crippen LogP contribution < -0.4 is 4.90 Å². The van der Waals surface area contributed by atoms with Gasteiger partial charge in [0.15, 0.2) is 0 Å². The molecule has 0 bridgehead atoms. The molecule has 0 spiro atoms. The second kappa shape index (κ2) is 5.19. The molecule has 0 unspecified atom stereocenters. The van der Waals surface area contributed by atoms with Crippen LogP contribution in [0.5, 0.6) is 0 Å². The van der Waals surface area contributed by atoms with Crippen LogP contribution >= 0.6 is 0 Å². The summed E-state index contributed by atoms with van der Waals surface area (Å²) < 4.78 is 13.7. The summed E-state index contributed by atoms with van der Waals surface area (Å²) in [7, 11) is 3.52. The molecule has 19 heavy (non-hydrogen) atoms. The zero-order valence-electron chi connectivity index (χ0n) is 11.4. The van der Waals surface area contributed by atoms with Crippen LogP contribution in [0.15, 0.2) is 18.2 Å². The maximum Gasteiger partial charge on any atom is 0.314 e. The van der Waals surface area contributed by atoms with E-state index in [1.54, 1.807) is 31.1 Å². The largest absolute Gasteiger partial charge is 0.481 e. The van der Waals surface area contributed by atoms with Crippen LogP contribution in [0.4, 0.5) is 10.1 Å². The van der Waals surface area contributed by atoms with Crippen LogP contribution in [-0.2, 0) is 10.2 Å². The van der Waals surface area contributed by atoms with E-state index in [1.807, 2.05) is 0 Å². The normalized spacial score (nSPS) is 18.1. The molecule has 0 atom stereocenters. The van der Waals surface area contributed by atoms with Crippen molar-refractivity contribution in [2.24, 2.45) is 0 Å². The van der Waals surface area contributed by atoms with E-state index < -0.39 is 11.4 Å². The summed E-state index contributed by atoms with van der Waals surface area (Å²) in [4.78, 5) is 13.4. The molecule has 0 amide bonds. The van der Waals surface area contributed by atoms with Crippen LogP contribution in [-0.4, -0.2) is 25.2 Å². The van der Waals surface area contributed by atoms with Crippen LogP contribution in [0.25, 0.3) is 0 Å². The molecule has 0 radical (unpaired) electrons. The zero-order chi connectivity index (χ0) is 14.0. The van der Waals surface area contributed by atoms with Gasteiger partial charge in [-0.1, -0.05) is 25.3 Å². The Morgan fingerprint density at radius 2 is 1.89 bits per heavy atom. The predicted molar refractivity (Wildman–Crippen MR) is 73.1 cm³/mol. The van der Waals surface area contributed by atoms with Crippen molar-refractivity contribution in [3.63, 3.8) is 0 Å². The van der Waals surface area contributed by atoms with Crippen LogP contribution in [0.1, 0.15) is 37.7 Å². The first kappa shape index (κ1) is 13.8. The summed E-state index contributed by atoms with van der Waals surface area (Å²) in [5.74, 6) is -1.10. The van der Waals surface area contributed by atoms with E-state index in [-0.39, 0.29) is 5.82 Å². The van der Waals surface area contributed by atoms with Crippen molar-refractivity contribution in [1.82, 2.24) is 0 Å². The predicted octanol–water partition coefficient (Wildman–Crippen LogP) is 3.18. The number of carboxylic acids is 1. The monoisotopic (exact) mass is 265 g/mol. The molecule has 104 valence electrons. The highest BCUT2D eigenvalue weighted by atomic mass is 19.1. The number of anilines is 1. The number of halogens is 1. The van der Waals surface area contributed by atoms with Gasteiger partial charge >= 0.3 is 5.97 Å². The lowest BCUT2D eigenvalue weighted by Crippen LogP contribution is -2.38. The molecule has 0 aliphatic heterocycles. The number of hydrogen-bond acceptors (Lipinski definition) is 2. The van der Waals surface area contributed by atoms with Crippen molar-refractivity contribution in [2.75, 3.05) is 19.0 Å². The Morgan fingerprint density at radius 1 is 1.26 bits per heavy atom. The van der Waals surface area contributed by atoms with E-state index >= 15 is 0 Å². The first-order chi connectivity index (χ1) is 8.97. The molecule has 1 aliphatic rings. The Bertz CT molecular complexity index is 479. The molecule has 0 heterocycles. The average molecular weight is 265 g/mol. The summed E-state index contributed by atoms with van der Waals surface area (Å²) in [5, 5.41) is 9.63. The van der Waals surface area contributed by atoms with Crippen molar-refractivity contribution in [1.29, 1.82) is 0 Å². The third-order valence-corrected chi connectivity index (χ3v) is 4.10. The molecular weight excluding hydrogens is 245 g/mol. The third kappa shape index (κ3) is 2.44. The molecule has 1 aromatic carbocycles. The van der Waals surface area contributed by atoms with E-state index in [4.69, 9.17) is 0 Å². The van der Waals surface area contributed by atoms with E-state index in [2.05, 4.69) is 0 Å². The Morgan fingerprint density at radius 3 is 2.42 bits per heavy atom. The molecule has 1 aliphatic carbocycles. The fourth-order valence-corrected chi connectivity index (χ4v) is 2.93. The maximum absolute atomic E-state index is 13.7. The second-order valence-corrected chi connectivity index (χ2v) is 5.51. The number of aliphatic carboxylic acids is 1. The molecule has 1 aromatic rings. The SMILES string of the molecule is CN(C)c1cc(C2(C(=O)O)CCCCC2)ccc1F.